The molecule has 0 aromatic carbocycles. The van der Waals surface area contributed by atoms with Crippen LogP contribution in [0, 0.1) is 11.3 Å². The Morgan fingerprint density at radius 2 is 2.50 bits per heavy atom. The molecule has 92 valence electrons. The maximum Gasteiger partial charge on any atom is 0.274 e. The molecule has 3 heterocycles. The van der Waals surface area contributed by atoms with Crippen LogP contribution in [0.5, 0.6) is 0 Å². The predicted molar refractivity (Wildman–Crippen MR) is 64.8 cm³/mol. The van der Waals surface area contributed by atoms with Gasteiger partial charge in [-0.2, -0.15) is 22.0 Å². The van der Waals surface area contributed by atoms with Crippen LogP contribution in [-0.4, -0.2) is 33.2 Å². The van der Waals surface area contributed by atoms with Crippen molar-refractivity contribution in [2.24, 2.45) is 0 Å². The van der Waals surface area contributed by atoms with E-state index >= 15 is 0 Å². The van der Waals surface area contributed by atoms with E-state index in [-0.39, 0.29) is 6.10 Å². The highest BCUT2D eigenvalue weighted by molar-refractivity contribution is 7.99. The van der Waals surface area contributed by atoms with E-state index in [1.165, 1.54) is 0 Å². The standard InChI is InChI=1S/C11H10N4O2S/c12-4-7-3-8(13-5-7)11-14-10(15-17-11)9-6-18-2-1-16-9/h3,5,9,13H,1-2,6H2. The fourth-order valence-corrected chi connectivity index (χ4v) is 2.53. The maximum absolute atomic E-state index is 8.75. The Morgan fingerprint density at radius 3 is 3.22 bits per heavy atom. The lowest BCUT2D eigenvalue weighted by Gasteiger charge is -2.18. The highest BCUT2D eigenvalue weighted by atomic mass is 32.2. The number of nitrogens with one attached hydrogen (secondary N) is 1. The molecule has 1 fully saturated rings. The van der Waals surface area contributed by atoms with E-state index in [9.17, 15) is 0 Å². The average molecular weight is 262 g/mol. The molecule has 0 radical (unpaired) electrons. The van der Waals surface area contributed by atoms with Crippen molar-refractivity contribution in [2.75, 3.05) is 18.1 Å². The number of nitrogens with zero attached hydrogens (tertiary/aromatic N) is 3. The Morgan fingerprint density at radius 1 is 1.56 bits per heavy atom. The van der Waals surface area contributed by atoms with Gasteiger partial charge in [-0.25, -0.2) is 0 Å². The lowest BCUT2D eigenvalue weighted by molar-refractivity contribution is 0.0677. The highest BCUT2D eigenvalue weighted by Gasteiger charge is 2.22. The minimum absolute atomic E-state index is 0.105. The number of rotatable bonds is 2. The Hall–Kier alpha value is -1.78. The van der Waals surface area contributed by atoms with Crippen LogP contribution < -0.4 is 0 Å². The van der Waals surface area contributed by atoms with Crippen molar-refractivity contribution in [3.05, 3.63) is 23.7 Å². The Balaban J connectivity index is 1.82. The number of hydrogen-bond donors (Lipinski definition) is 1. The summed E-state index contributed by atoms with van der Waals surface area (Å²) in [5, 5.41) is 12.7. The molecule has 1 saturated heterocycles. The first-order chi connectivity index (χ1) is 8.86. The van der Waals surface area contributed by atoms with Gasteiger partial charge in [0.2, 0.25) is 5.82 Å². The van der Waals surface area contributed by atoms with Crippen LogP contribution in [0.1, 0.15) is 17.5 Å². The van der Waals surface area contributed by atoms with Gasteiger partial charge >= 0.3 is 0 Å². The zero-order valence-electron chi connectivity index (χ0n) is 9.42. The first-order valence-electron chi connectivity index (χ1n) is 5.48. The maximum atomic E-state index is 8.75. The summed E-state index contributed by atoms with van der Waals surface area (Å²) in [6.45, 7) is 0.709. The predicted octanol–water partition coefficient (Wildman–Crippen LogP) is 1.74. The largest absolute Gasteiger partial charge is 0.368 e. The third kappa shape index (κ3) is 2.12. The fraction of sp³-hybridized carbons (Fsp3) is 0.364. The Bertz CT molecular complexity index is 580. The Labute approximate surface area is 107 Å². The van der Waals surface area contributed by atoms with Crippen LogP contribution in [0.25, 0.3) is 11.6 Å². The molecule has 7 heteroatoms. The quantitative estimate of drug-likeness (QED) is 0.886. The van der Waals surface area contributed by atoms with Crippen LogP contribution in [0.15, 0.2) is 16.8 Å². The topological polar surface area (TPSA) is 87.7 Å². The fourth-order valence-electron chi connectivity index (χ4n) is 1.69. The lowest BCUT2D eigenvalue weighted by atomic mass is 10.3. The number of hydrogen-bond acceptors (Lipinski definition) is 6. The van der Waals surface area contributed by atoms with Gasteiger partial charge in [-0.15, -0.1) is 0 Å². The number of H-pyrrole nitrogens is 1. The number of ether oxygens (including phenoxy) is 1. The molecular weight excluding hydrogens is 252 g/mol. The van der Waals surface area contributed by atoms with Gasteiger partial charge in [0.05, 0.1) is 12.2 Å². The summed E-state index contributed by atoms with van der Waals surface area (Å²) in [5.41, 5.74) is 1.18. The van der Waals surface area contributed by atoms with E-state index in [4.69, 9.17) is 14.5 Å². The summed E-state index contributed by atoms with van der Waals surface area (Å²) < 4.78 is 10.7. The van der Waals surface area contributed by atoms with Gasteiger partial charge in [-0.05, 0) is 6.07 Å². The second-order valence-electron chi connectivity index (χ2n) is 3.81. The van der Waals surface area contributed by atoms with Gasteiger partial charge in [0.15, 0.2) is 0 Å². The molecule has 1 aliphatic rings. The van der Waals surface area contributed by atoms with Crippen molar-refractivity contribution < 1.29 is 9.26 Å². The van der Waals surface area contributed by atoms with Crippen LogP contribution in [0.2, 0.25) is 0 Å². The number of aromatic nitrogens is 3. The second kappa shape index (κ2) is 4.84. The zero-order chi connectivity index (χ0) is 12.4. The lowest BCUT2D eigenvalue weighted by Crippen LogP contribution is -2.16. The average Bonchev–Trinajstić information content (AvgIpc) is 3.08. The van der Waals surface area contributed by atoms with Gasteiger partial charge < -0.3 is 14.2 Å². The van der Waals surface area contributed by atoms with Crippen LogP contribution >= 0.6 is 11.8 Å². The molecule has 0 bridgehead atoms. The summed E-state index contributed by atoms with van der Waals surface area (Å²) in [5.74, 6) is 2.78. The first-order valence-corrected chi connectivity index (χ1v) is 6.64. The van der Waals surface area contributed by atoms with Gasteiger partial charge in [0.1, 0.15) is 17.9 Å². The molecule has 3 rings (SSSR count). The molecule has 2 aromatic heterocycles. The van der Waals surface area contributed by atoms with Gasteiger partial charge in [0, 0.05) is 17.7 Å². The van der Waals surface area contributed by atoms with E-state index in [1.54, 1.807) is 12.3 Å². The van der Waals surface area contributed by atoms with Crippen LogP contribution in [-0.2, 0) is 4.74 Å². The van der Waals surface area contributed by atoms with Gasteiger partial charge in [0.25, 0.3) is 5.89 Å². The summed E-state index contributed by atoms with van der Waals surface area (Å²) in [7, 11) is 0. The van der Waals surface area contributed by atoms with Crippen molar-refractivity contribution in [1.29, 1.82) is 5.26 Å². The normalized spacial score (nSPS) is 19.6. The monoisotopic (exact) mass is 262 g/mol. The molecule has 0 amide bonds. The molecule has 0 spiro atoms. The molecule has 0 saturated carbocycles. The first kappa shape index (κ1) is 11.3. The van der Waals surface area contributed by atoms with Crippen molar-refractivity contribution in [3.8, 4) is 17.7 Å². The molecule has 1 atom stereocenters. The summed E-state index contributed by atoms with van der Waals surface area (Å²) in [6, 6.07) is 3.71. The molecule has 18 heavy (non-hydrogen) atoms. The minimum Gasteiger partial charge on any atom is -0.368 e. The third-order valence-electron chi connectivity index (χ3n) is 2.59. The number of aromatic amines is 1. The number of thioether (sulfide) groups is 1. The van der Waals surface area contributed by atoms with Crippen LogP contribution in [0.3, 0.4) is 0 Å². The van der Waals surface area contributed by atoms with E-state index in [1.807, 2.05) is 17.8 Å². The SMILES string of the molecule is N#Cc1c[nH]c(-c2nc(C3CSCCO3)no2)c1. The van der Waals surface area contributed by atoms with E-state index in [0.717, 1.165) is 11.5 Å². The van der Waals surface area contributed by atoms with Gasteiger partial charge in [-0.3, -0.25) is 0 Å². The van der Waals surface area contributed by atoms with E-state index in [0.29, 0.717) is 29.6 Å². The molecule has 1 N–H and O–H groups in total. The molecule has 2 aromatic rings. The third-order valence-corrected chi connectivity index (χ3v) is 3.58. The van der Waals surface area contributed by atoms with Crippen molar-refractivity contribution in [2.45, 2.75) is 6.10 Å². The summed E-state index contributed by atoms with van der Waals surface area (Å²) in [4.78, 5) is 7.22. The molecule has 1 aliphatic heterocycles. The Kier molecular flexibility index (Phi) is 3.04. The summed E-state index contributed by atoms with van der Waals surface area (Å²) >= 11 is 1.81. The van der Waals surface area contributed by atoms with Gasteiger partial charge in [-0.1, -0.05) is 5.16 Å². The molecule has 6 nitrogen and oxygen atoms in total. The zero-order valence-corrected chi connectivity index (χ0v) is 10.2. The van der Waals surface area contributed by atoms with E-state index in [2.05, 4.69) is 15.1 Å². The molecule has 1 unspecified atom stereocenters. The highest BCUT2D eigenvalue weighted by Crippen LogP contribution is 2.26. The van der Waals surface area contributed by atoms with Crippen molar-refractivity contribution in [3.63, 3.8) is 0 Å². The van der Waals surface area contributed by atoms with Crippen molar-refractivity contribution in [1.82, 2.24) is 15.1 Å². The number of nitriles is 1. The van der Waals surface area contributed by atoms with Crippen LogP contribution in [0.4, 0.5) is 0 Å². The minimum atomic E-state index is -0.105. The smallest absolute Gasteiger partial charge is 0.274 e. The second-order valence-corrected chi connectivity index (χ2v) is 4.96. The molecular formula is C11H10N4O2S. The summed E-state index contributed by atoms with van der Waals surface area (Å²) in [6.07, 6.45) is 1.50. The molecule has 0 aliphatic carbocycles. The van der Waals surface area contributed by atoms with E-state index < -0.39 is 0 Å². The van der Waals surface area contributed by atoms with Crippen molar-refractivity contribution >= 4 is 11.8 Å².